The Morgan fingerprint density at radius 3 is 2.26 bits per heavy atom. The Hall–Kier alpha value is -2.23. The second-order valence-corrected chi connectivity index (χ2v) is 11.8. The van der Waals surface area contributed by atoms with Crippen molar-refractivity contribution in [1.82, 2.24) is 9.62 Å². The fraction of sp³-hybridized carbons (Fsp3) is 0.409. The van der Waals surface area contributed by atoms with Gasteiger partial charge in [0, 0.05) is 19.3 Å². The molecule has 1 saturated heterocycles. The molecule has 168 valence electrons. The van der Waals surface area contributed by atoms with Gasteiger partial charge in [0.25, 0.3) is 0 Å². The van der Waals surface area contributed by atoms with Crippen molar-refractivity contribution in [2.75, 3.05) is 19.3 Å². The number of sulfone groups is 1. The van der Waals surface area contributed by atoms with Crippen LogP contribution in [0.3, 0.4) is 0 Å². The van der Waals surface area contributed by atoms with Crippen LogP contribution in [-0.2, 0) is 24.7 Å². The lowest BCUT2D eigenvalue weighted by molar-refractivity contribution is -0.126. The van der Waals surface area contributed by atoms with Crippen LogP contribution in [0.2, 0.25) is 0 Å². The van der Waals surface area contributed by atoms with E-state index in [1.165, 1.54) is 16.4 Å². The summed E-state index contributed by atoms with van der Waals surface area (Å²) >= 11 is 0. The van der Waals surface area contributed by atoms with Gasteiger partial charge >= 0.3 is 0 Å². The van der Waals surface area contributed by atoms with Gasteiger partial charge in [-0.25, -0.2) is 16.8 Å². The van der Waals surface area contributed by atoms with Gasteiger partial charge in [0.15, 0.2) is 9.84 Å². The highest BCUT2D eigenvalue weighted by Gasteiger charge is 2.33. The van der Waals surface area contributed by atoms with Crippen LogP contribution in [0.25, 0.3) is 0 Å². The van der Waals surface area contributed by atoms with Crippen LogP contribution in [0, 0.1) is 5.92 Å². The quantitative estimate of drug-likeness (QED) is 0.679. The van der Waals surface area contributed by atoms with E-state index in [1.807, 2.05) is 6.92 Å². The third-order valence-electron chi connectivity index (χ3n) is 5.57. The molecule has 1 aliphatic heterocycles. The maximum Gasteiger partial charge on any atom is 0.243 e. The van der Waals surface area contributed by atoms with Gasteiger partial charge in [0.2, 0.25) is 15.9 Å². The Morgan fingerprint density at radius 2 is 1.68 bits per heavy atom. The minimum absolute atomic E-state index is 0.145. The van der Waals surface area contributed by atoms with Gasteiger partial charge in [-0.05, 0) is 49.1 Å². The fourth-order valence-corrected chi connectivity index (χ4v) is 5.95. The van der Waals surface area contributed by atoms with E-state index in [0.717, 1.165) is 11.8 Å². The molecule has 1 aliphatic rings. The Bertz CT molecular complexity index is 1110. The number of piperidine rings is 1. The molecule has 3 rings (SSSR count). The zero-order valence-electron chi connectivity index (χ0n) is 17.7. The summed E-state index contributed by atoms with van der Waals surface area (Å²) in [6.45, 7) is 2.47. The van der Waals surface area contributed by atoms with E-state index in [4.69, 9.17) is 0 Å². The number of carbonyl (C=O) groups is 1. The van der Waals surface area contributed by atoms with Crippen molar-refractivity contribution < 1.29 is 21.6 Å². The molecule has 1 heterocycles. The molecular formula is C22H28N2O5S2. The highest BCUT2D eigenvalue weighted by Crippen LogP contribution is 2.25. The summed E-state index contributed by atoms with van der Waals surface area (Å²) in [7, 11) is -6.92. The summed E-state index contributed by atoms with van der Waals surface area (Å²) in [5.74, 6) is -0.622. The largest absolute Gasteiger partial charge is 0.349 e. The smallest absolute Gasteiger partial charge is 0.243 e. The van der Waals surface area contributed by atoms with Crippen LogP contribution < -0.4 is 5.32 Å². The van der Waals surface area contributed by atoms with Gasteiger partial charge in [-0.3, -0.25) is 4.79 Å². The molecule has 0 bridgehead atoms. The van der Waals surface area contributed by atoms with Crippen molar-refractivity contribution >= 4 is 25.8 Å². The third-order valence-corrected chi connectivity index (χ3v) is 8.58. The molecule has 31 heavy (non-hydrogen) atoms. The molecule has 1 fully saturated rings. The normalized spacial score (nSPS) is 19.0. The van der Waals surface area contributed by atoms with Gasteiger partial charge in [0.1, 0.15) is 0 Å². The summed E-state index contributed by atoms with van der Waals surface area (Å²) in [5.41, 5.74) is 0.813. The van der Waals surface area contributed by atoms with Gasteiger partial charge in [-0.2, -0.15) is 4.31 Å². The zero-order chi connectivity index (χ0) is 22.6. The van der Waals surface area contributed by atoms with Gasteiger partial charge in [-0.1, -0.05) is 37.3 Å². The minimum atomic E-state index is -3.64. The Morgan fingerprint density at radius 1 is 1.03 bits per heavy atom. The number of nitrogens with zero attached hydrogens (tertiary/aromatic N) is 1. The van der Waals surface area contributed by atoms with Crippen LogP contribution in [-0.4, -0.2) is 46.4 Å². The summed E-state index contributed by atoms with van der Waals surface area (Å²) in [4.78, 5) is 13.4. The number of hydrogen-bond donors (Lipinski definition) is 1. The molecule has 0 spiro atoms. The highest BCUT2D eigenvalue weighted by molar-refractivity contribution is 7.90. The molecule has 7 nitrogen and oxygen atoms in total. The standard InChI is InChI=1S/C22H28N2O5S2/c1-3-21(17-11-13-19(14-12-17)30(2,26)27)23-22(25)18-8-7-15-24(16-18)31(28,29)20-9-5-4-6-10-20/h4-6,9-14,18,21H,3,7-8,15-16H2,1-2H3,(H,23,25)/t18-,21+/m1/s1. The van der Waals surface area contributed by atoms with Crippen molar-refractivity contribution in [2.45, 2.75) is 42.0 Å². The van der Waals surface area contributed by atoms with Crippen LogP contribution >= 0.6 is 0 Å². The molecule has 2 aromatic rings. The molecule has 0 aliphatic carbocycles. The molecule has 2 atom stereocenters. The predicted molar refractivity (Wildman–Crippen MR) is 119 cm³/mol. The second-order valence-electron chi connectivity index (χ2n) is 7.83. The number of sulfonamides is 1. The van der Waals surface area contributed by atoms with Gasteiger partial charge < -0.3 is 5.32 Å². The Kier molecular flexibility index (Phi) is 7.18. The van der Waals surface area contributed by atoms with E-state index in [1.54, 1.807) is 42.5 Å². The van der Waals surface area contributed by atoms with Crippen molar-refractivity contribution in [2.24, 2.45) is 5.92 Å². The van der Waals surface area contributed by atoms with E-state index < -0.39 is 25.8 Å². The first-order valence-corrected chi connectivity index (χ1v) is 13.6. The number of nitrogens with one attached hydrogen (secondary N) is 1. The molecule has 1 N–H and O–H groups in total. The molecule has 0 saturated carbocycles. The van der Waals surface area contributed by atoms with E-state index in [-0.39, 0.29) is 28.3 Å². The monoisotopic (exact) mass is 464 g/mol. The molecular weight excluding hydrogens is 436 g/mol. The Labute approximate surface area is 184 Å². The Balaban J connectivity index is 1.70. The summed E-state index contributed by atoms with van der Waals surface area (Å²) < 4.78 is 50.5. The zero-order valence-corrected chi connectivity index (χ0v) is 19.3. The summed E-state index contributed by atoms with van der Waals surface area (Å²) in [5, 5.41) is 3.01. The van der Waals surface area contributed by atoms with Gasteiger partial charge in [-0.15, -0.1) is 0 Å². The number of amides is 1. The van der Waals surface area contributed by atoms with Crippen molar-refractivity contribution in [1.29, 1.82) is 0 Å². The van der Waals surface area contributed by atoms with Crippen LogP contribution in [0.15, 0.2) is 64.4 Å². The molecule has 1 amide bonds. The van der Waals surface area contributed by atoms with Gasteiger partial charge in [0.05, 0.1) is 21.8 Å². The first-order chi connectivity index (χ1) is 14.6. The van der Waals surface area contributed by atoms with Crippen LogP contribution in [0.4, 0.5) is 0 Å². The first kappa shape index (κ1) is 23.4. The number of carbonyl (C=O) groups excluding carboxylic acids is 1. The number of rotatable bonds is 7. The summed E-state index contributed by atoms with van der Waals surface area (Å²) in [6, 6.07) is 14.5. The minimum Gasteiger partial charge on any atom is -0.349 e. The van der Waals surface area contributed by atoms with E-state index >= 15 is 0 Å². The topological polar surface area (TPSA) is 101 Å². The maximum absolute atomic E-state index is 12.9. The molecule has 2 aromatic carbocycles. The molecule has 9 heteroatoms. The number of benzene rings is 2. The third kappa shape index (κ3) is 5.53. The van der Waals surface area contributed by atoms with Crippen LogP contribution in [0.5, 0.6) is 0 Å². The van der Waals surface area contributed by atoms with Crippen LogP contribution in [0.1, 0.15) is 37.8 Å². The average molecular weight is 465 g/mol. The van der Waals surface area contributed by atoms with Crippen molar-refractivity contribution in [3.8, 4) is 0 Å². The highest BCUT2D eigenvalue weighted by atomic mass is 32.2. The lowest BCUT2D eigenvalue weighted by Crippen LogP contribution is -2.46. The van der Waals surface area contributed by atoms with E-state index in [2.05, 4.69) is 5.32 Å². The average Bonchev–Trinajstić information content (AvgIpc) is 2.77. The second kappa shape index (κ2) is 9.50. The van der Waals surface area contributed by atoms with Crippen molar-refractivity contribution in [3.63, 3.8) is 0 Å². The molecule has 0 radical (unpaired) electrons. The SMILES string of the molecule is CC[C@H](NC(=O)[C@@H]1CCCN(S(=O)(=O)c2ccccc2)C1)c1ccc(S(C)(=O)=O)cc1. The van der Waals surface area contributed by atoms with E-state index in [0.29, 0.717) is 25.8 Å². The maximum atomic E-state index is 12.9. The predicted octanol–water partition coefficient (Wildman–Crippen LogP) is 2.76. The van der Waals surface area contributed by atoms with Crippen molar-refractivity contribution in [3.05, 3.63) is 60.2 Å². The first-order valence-electron chi connectivity index (χ1n) is 10.3. The fourth-order valence-electron chi connectivity index (χ4n) is 3.77. The molecule has 0 aromatic heterocycles. The van der Waals surface area contributed by atoms with E-state index in [9.17, 15) is 21.6 Å². The summed E-state index contributed by atoms with van der Waals surface area (Å²) in [6.07, 6.45) is 3.02. The molecule has 0 unspecified atom stereocenters. The lowest BCUT2D eigenvalue weighted by atomic mass is 9.97. The number of hydrogen-bond acceptors (Lipinski definition) is 5. The lowest BCUT2D eigenvalue weighted by Gasteiger charge is -2.32.